The summed E-state index contributed by atoms with van der Waals surface area (Å²) in [4.78, 5) is 13.7. The van der Waals surface area contributed by atoms with Crippen molar-refractivity contribution in [1.82, 2.24) is 9.47 Å². The third kappa shape index (κ3) is 1.85. The molecule has 0 bridgehead atoms. The second kappa shape index (κ2) is 4.12. The van der Waals surface area contributed by atoms with Crippen LogP contribution in [0.1, 0.15) is 47.1 Å². The second-order valence-electron chi connectivity index (χ2n) is 5.63. The number of aromatic nitrogens is 1. The first-order valence-electron chi connectivity index (χ1n) is 6.73. The predicted octanol–water partition coefficient (Wildman–Crippen LogP) is 2.21. The zero-order valence-corrected chi connectivity index (χ0v) is 11.0. The Morgan fingerprint density at radius 3 is 2.56 bits per heavy atom. The molecule has 1 aliphatic heterocycles. The minimum absolute atomic E-state index is 0.456. The molecule has 0 radical (unpaired) electrons. The second-order valence-corrected chi connectivity index (χ2v) is 5.63. The molecule has 0 amide bonds. The molecule has 1 saturated carbocycles. The van der Waals surface area contributed by atoms with Crippen molar-refractivity contribution in [2.45, 2.75) is 45.2 Å². The molecule has 2 heterocycles. The van der Waals surface area contributed by atoms with Gasteiger partial charge in [0.1, 0.15) is 0 Å². The smallest absolute Gasteiger partial charge is 0.337 e. The van der Waals surface area contributed by atoms with Gasteiger partial charge in [0.05, 0.1) is 5.56 Å². The van der Waals surface area contributed by atoms with Crippen LogP contribution in [0.2, 0.25) is 0 Å². The van der Waals surface area contributed by atoms with Gasteiger partial charge < -0.3 is 9.67 Å². The molecule has 4 nitrogen and oxygen atoms in total. The Morgan fingerprint density at radius 1 is 1.28 bits per heavy atom. The van der Waals surface area contributed by atoms with Gasteiger partial charge in [-0.15, -0.1) is 0 Å². The summed E-state index contributed by atoms with van der Waals surface area (Å²) in [6.07, 6.45) is 3.83. The largest absolute Gasteiger partial charge is 0.478 e. The van der Waals surface area contributed by atoms with E-state index in [-0.39, 0.29) is 0 Å². The van der Waals surface area contributed by atoms with Crippen LogP contribution in [-0.4, -0.2) is 39.7 Å². The number of aryl methyl sites for hydroxylation is 1. The van der Waals surface area contributed by atoms with Gasteiger partial charge in [-0.25, -0.2) is 4.79 Å². The molecule has 1 aromatic rings. The van der Waals surface area contributed by atoms with E-state index in [1.165, 1.54) is 12.8 Å². The number of likely N-dealkylation sites (tertiary alicyclic amines) is 1. The zero-order valence-electron chi connectivity index (χ0n) is 11.0. The van der Waals surface area contributed by atoms with Crippen molar-refractivity contribution in [3.8, 4) is 0 Å². The van der Waals surface area contributed by atoms with Crippen molar-refractivity contribution in [1.29, 1.82) is 0 Å². The summed E-state index contributed by atoms with van der Waals surface area (Å²) in [5.74, 6) is -0.814. The topological polar surface area (TPSA) is 45.5 Å². The fraction of sp³-hybridized carbons (Fsp3) is 0.643. The van der Waals surface area contributed by atoms with E-state index >= 15 is 0 Å². The van der Waals surface area contributed by atoms with Crippen LogP contribution in [0.5, 0.6) is 0 Å². The van der Waals surface area contributed by atoms with Crippen LogP contribution in [0.25, 0.3) is 0 Å². The van der Waals surface area contributed by atoms with Crippen molar-refractivity contribution < 1.29 is 9.90 Å². The predicted molar refractivity (Wildman–Crippen MR) is 69.1 cm³/mol. The Kier molecular flexibility index (Phi) is 2.70. The standard InChI is InChI=1S/C14H20N2O2/c1-9-7-13(14(17)18)10(2)16(9)12-5-6-15(8-12)11-3-4-11/h7,11-12H,3-6,8H2,1-2H3,(H,17,18). The number of carboxylic acids is 1. The molecule has 2 aliphatic rings. The van der Waals surface area contributed by atoms with Crippen molar-refractivity contribution in [2.75, 3.05) is 13.1 Å². The quantitative estimate of drug-likeness (QED) is 0.892. The van der Waals surface area contributed by atoms with Crippen LogP contribution in [0.15, 0.2) is 6.07 Å². The van der Waals surface area contributed by atoms with Gasteiger partial charge in [-0.2, -0.15) is 0 Å². The lowest BCUT2D eigenvalue weighted by Gasteiger charge is -2.19. The lowest BCUT2D eigenvalue weighted by molar-refractivity contribution is 0.0696. The molecule has 1 N–H and O–H groups in total. The lowest BCUT2D eigenvalue weighted by atomic mass is 10.2. The third-order valence-electron chi connectivity index (χ3n) is 4.34. The van der Waals surface area contributed by atoms with Crippen molar-refractivity contribution >= 4 is 5.97 Å². The number of carboxylic acid groups (broad SMARTS) is 1. The highest BCUT2D eigenvalue weighted by Crippen LogP contribution is 2.35. The maximum Gasteiger partial charge on any atom is 0.337 e. The molecule has 1 unspecified atom stereocenters. The molecule has 3 rings (SSSR count). The van der Waals surface area contributed by atoms with E-state index in [9.17, 15) is 9.90 Å². The molecular formula is C14H20N2O2. The number of hydrogen-bond acceptors (Lipinski definition) is 2. The summed E-state index contributed by atoms with van der Waals surface area (Å²) >= 11 is 0. The van der Waals surface area contributed by atoms with Gasteiger partial charge in [0.15, 0.2) is 0 Å². The monoisotopic (exact) mass is 248 g/mol. The van der Waals surface area contributed by atoms with E-state index in [4.69, 9.17) is 0 Å². The summed E-state index contributed by atoms with van der Waals surface area (Å²) in [6.45, 7) is 6.18. The summed E-state index contributed by atoms with van der Waals surface area (Å²) in [5.41, 5.74) is 2.44. The molecule has 98 valence electrons. The Morgan fingerprint density at radius 2 is 2.00 bits per heavy atom. The summed E-state index contributed by atoms with van der Waals surface area (Å²) in [5, 5.41) is 9.17. The van der Waals surface area contributed by atoms with Crippen LogP contribution in [0.3, 0.4) is 0 Å². The average molecular weight is 248 g/mol. The van der Waals surface area contributed by atoms with Crippen LogP contribution in [0, 0.1) is 13.8 Å². The minimum Gasteiger partial charge on any atom is -0.478 e. The van der Waals surface area contributed by atoms with Crippen molar-refractivity contribution in [3.63, 3.8) is 0 Å². The molecule has 1 saturated heterocycles. The first-order chi connectivity index (χ1) is 8.58. The maximum absolute atomic E-state index is 11.2. The van der Waals surface area contributed by atoms with E-state index < -0.39 is 5.97 Å². The molecule has 0 spiro atoms. The van der Waals surface area contributed by atoms with E-state index in [0.29, 0.717) is 11.6 Å². The number of rotatable bonds is 3. The molecule has 1 aliphatic carbocycles. The van der Waals surface area contributed by atoms with Crippen LogP contribution in [0.4, 0.5) is 0 Å². The molecule has 18 heavy (non-hydrogen) atoms. The fourth-order valence-corrected chi connectivity index (χ4v) is 3.31. The van der Waals surface area contributed by atoms with E-state index in [2.05, 4.69) is 9.47 Å². The third-order valence-corrected chi connectivity index (χ3v) is 4.34. The molecular weight excluding hydrogens is 228 g/mol. The first-order valence-corrected chi connectivity index (χ1v) is 6.73. The molecule has 1 aromatic heterocycles. The van der Waals surface area contributed by atoms with Crippen molar-refractivity contribution in [2.24, 2.45) is 0 Å². The number of nitrogens with zero attached hydrogens (tertiary/aromatic N) is 2. The first kappa shape index (κ1) is 11.8. The molecule has 2 fully saturated rings. The van der Waals surface area contributed by atoms with Gasteiger partial charge in [-0.3, -0.25) is 4.90 Å². The van der Waals surface area contributed by atoms with E-state index in [1.807, 2.05) is 13.8 Å². The van der Waals surface area contributed by atoms with Crippen LogP contribution >= 0.6 is 0 Å². The number of carbonyl (C=O) groups is 1. The van der Waals surface area contributed by atoms with Crippen LogP contribution < -0.4 is 0 Å². The Hall–Kier alpha value is -1.29. The minimum atomic E-state index is -0.814. The number of hydrogen-bond donors (Lipinski definition) is 1. The normalized spacial score (nSPS) is 24.7. The summed E-state index contributed by atoms with van der Waals surface area (Å²) in [7, 11) is 0. The molecule has 4 heteroatoms. The summed E-state index contributed by atoms with van der Waals surface area (Å²) in [6, 6.07) is 3.07. The van der Waals surface area contributed by atoms with Gasteiger partial charge >= 0.3 is 5.97 Å². The highest BCUT2D eigenvalue weighted by atomic mass is 16.4. The van der Waals surface area contributed by atoms with Gasteiger partial charge in [-0.1, -0.05) is 0 Å². The van der Waals surface area contributed by atoms with Gasteiger partial charge in [0.25, 0.3) is 0 Å². The summed E-state index contributed by atoms with van der Waals surface area (Å²) < 4.78 is 2.23. The van der Waals surface area contributed by atoms with E-state index in [0.717, 1.165) is 36.9 Å². The Bertz CT molecular complexity index is 488. The average Bonchev–Trinajstić information content (AvgIpc) is 2.98. The highest BCUT2D eigenvalue weighted by molar-refractivity contribution is 5.89. The fourth-order valence-electron chi connectivity index (χ4n) is 3.31. The van der Waals surface area contributed by atoms with E-state index in [1.54, 1.807) is 6.07 Å². The van der Waals surface area contributed by atoms with Gasteiger partial charge in [0.2, 0.25) is 0 Å². The lowest BCUT2D eigenvalue weighted by Crippen LogP contribution is -2.24. The molecule has 0 aromatic carbocycles. The Balaban J connectivity index is 1.85. The van der Waals surface area contributed by atoms with Gasteiger partial charge in [0, 0.05) is 36.6 Å². The van der Waals surface area contributed by atoms with Crippen molar-refractivity contribution in [3.05, 3.63) is 23.0 Å². The highest BCUT2D eigenvalue weighted by Gasteiger charge is 2.35. The zero-order chi connectivity index (χ0) is 12.9. The van der Waals surface area contributed by atoms with Gasteiger partial charge in [-0.05, 0) is 39.2 Å². The molecule has 1 atom stereocenters. The maximum atomic E-state index is 11.2. The SMILES string of the molecule is Cc1cc(C(=O)O)c(C)n1C1CCN(C2CC2)C1. The van der Waals surface area contributed by atoms with Crippen LogP contribution in [-0.2, 0) is 0 Å². The Labute approximate surface area is 107 Å². The number of aromatic carboxylic acids is 1.